The number of hydrogen-bond donors (Lipinski definition) is 1. The van der Waals surface area contributed by atoms with Crippen LogP contribution in [0.3, 0.4) is 0 Å². The van der Waals surface area contributed by atoms with Gasteiger partial charge < -0.3 is 5.32 Å². The van der Waals surface area contributed by atoms with Crippen LogP contribution in [-0.2, 0) is 14.8 Å². The molecule has 0 aliphatic rings. The lowest BCUT2D eigenvalue weighted by Gasteiger charge is -2.30. The molecule has 0 aromatic heterocycles. The Morgan fingerprint density at radius 3 is 2.21 bits per heavy atom. The van der Waals surface area contributed by atoms with Crippen molar-refractivity contribution in [2.75, 3.05) is 10.6 Å². The Bertz CT molecular complexity index is 946. The highest BCUT2D eigenvalue weighted by Gasteiger charge is 2.30. The molecule has 2 aromatic carbocycles. The molecular formula is C20H24Cl2N2O3S. The first-order valence-corrected chi connectivity index (χ1v) is 11.5. The molecule has 0 radical (unpaired) electrons. The van der Waals surface area contributed by atoms with Crippen molar-refractivity contribution in [1.29, 1.82) is 0 Å². The average Bonchev–Trinajstić information content (AvgIpc) is 2.62. The summed E-state index contributed by atoms with van der Waals surface area (Å²) in [6, 6.07) is 11.2. The van der Waals surface area contributed by atoms with Gasteiger partial charge in [-0.2, -0.15) is 0 Å². The van der Waals surface area contributed by atoms with Gasteiger partial charge in [0.1, 0.15) is 6.04 Å². The Hall–Kier alpha value is -1.76. The van der Waals surface area contributed by atoms with Crippen molar-refractivity contribution >= 4 is 44.8 Å². The smallest absolute Gasteiger partial charge is 0.244 e. The van der Waals surface area contributed by atoms with Crippen molar-refractivity contribution in [3.63, 3.8) is 0 Å². The van der Waals surface area contributed by atoms with E-state index >= 15 is 0 Å². The molecule has 2 atom stereocenters. The summed E-state index contributed by atoms with van der Waals surface area (Å²) in [5.74, 6) is -0.399. The maximum absolute atomic E-state index is 12.9. The fourth-order valence-electron chi connectivity index (χ4n) is 2.94. The first-order valence-electron chi connectivity index (χ1n) is 8.86. The number of amides is 1. The first kappa shape index (κ1) is 22.5. The molecule has 0 unspecified atom stereocenters. The van der Waals surface area contributed by atoms with Crippen molar-refractivity contribution in [2.45, 2.75) is 39.3 Å². The summed E-state index contributed by atoms with van der Waals surface area (Å²) >= 11 is 12.0. The minimum atomic E-state index is -3.73. The van der Waals surface area contributed by atoms with Crippen molar-refractivity contribution in [3.05, 3.63) is 63.6 Å². The highest BCUT2D eigenvalue weighted by molar-refractivity contribution is 7.92. The number of rotatable bonds is 7. The van der Waals surface area contributed by atoms with Gasteiger partial charge in [-0.3, -0.25) is 9.10 Å². The maximum Gasteiger partial charge on any atom is 0.244 e. The molecule has 1 N–H and O–H groups in total. The van der Waals surface area contributed by atoms with Crippen molar-refractivity contribution < 1.29 is 13.2 Å². The molecule has 2 aromatic rings. The van der Waals surface area contributed by atoms with Crippen LogP contribution in [0.15, 0.2) is 42.5 Å². The number of aryl methyl sites for hydroxylation is 1. The van der Waals surface area contributed by atoms with Crippen molar-refractivity contribution in [3.8, 4) is 0 Å². The summed E-state index contributed by atoms with van der Waals surface area (Å²) in [6.07, 6.45) is 1.73. The summed E-state index contributed by atoms with van der Waals surface area (Å²) in [7, 11) is -3.73. The zero-order valence-corrected chi connectivity index (χ0v) is 18.6. The van der Waals surface area contributed by atoms with E-state index in [1.54, 1.807) is 6.92 Å². The molecule has 0 aliphatic carbocycles. The average molecular weight is 443 g/mol. The van der Waals surface area contributed by atoms with Crippen molar-refractivity contribution in [1.82, 2.24) is 5.32 Å². The van der Waals surface area contributed by atoms with E-state index in [1.165, 1.54) is 18.2 Å². The Morgan fingerprint density at radius 1 is 1.11 bits per heavy atom. The molecule has 28 heavy (non-hydrogen) atoms. The van der Waals surface area contributed by atoms with E-state index in [4.69, 9.17) is 23.2 Å². The van der Waals surface area contributed by atoms with Gasteiger partial charge >= 0.3 is 0 Å². The van der Waals surface area contributed by atoms with Crippen LogP contribution in [-0.4, -0.2) is 26.6 Å². The van der Waals surface area contributed by atoms with E-state index in [2.05, 4.69) is 5.32 Å². The van der Waals surface area contributed by atoms with Crippen LogP contribution in [0, 0.1) is 6.92 Å². The molecule has 0 spiro atoms. The highest BCUT2D eigenvalue weighted by Crippen LogP contribution is 2.30. The number of nitrogens with zero attached hydrogens (tertiary/aromatic N) is 1. The van der Waals surface area contributed by atoms with E-state index in [0.29, 0.717) is 11.4 Å². The molecule has 0 fully saturated rings. The van der Waals surface area contributed by atoms with Gasteiger partial charge in [0.15, 0.2) is 0 Å². The predicted molar refractivity (Wildman–Crippen MR) is 116 cm³/mol. The van der Waals surface area contributed by atoms with Crippen LogP contribution in [0.1, 0.15) is 37.4 Å². The summed E-state index contributed by atoms with van der Waals surface area (Å²) in [4.78, 5) is 12.9. The maximum atomic E-state index is 12.9. The summed E-state index contributed by atoms with van der Waals surface area (Å²) < 4.78 is 25.9. The topological polar surface area (TPSA) is 66.5 Å². The van der Waals surface area contributed by atoms with Gasteiger partial charge in [0.05, 0.1) is 28.0 Å². The lowest BCUT2D eigenvalue weighted by molar-refractivity contribution is -0.122. The second-order valence-electron chi connectivity index (χ2n) is 6.71. The van der Waals surface area contributed by atoms with Gasteiger partial charge in [-0.1, -0.05) is 60.0 Å². The summed E-state index contributed by atoms with van der Waals surface area (Å²) in [5, 5.41) is 3.47. The zero-order valence-electron chi connectivity index (χ0n) is 16.2. The minimum absolute atomic E-state index is 0.214. The number of carbonyl (C=O) groups is 1. The first-order chi connectivity index (χ1) is 13.0. The van der Waals surface area contributed by atoms with Gasteiger partial charge in [0.25, 0.3) is 0 Å². The van der Waals surface area contributed by atoms with E-state index in [0.717, 1.165) is 21.7 Å². The van der Waals surface area contributed by atoms with Crippen LogP contribution in [0.2, 0.25) is 10.0 Å². The molecule has 0 aliphatic heterocycles. The Balaban J connectivity index is 2.30. The van der Waals surface area contributed by atoms with E-state index in [1.807, 2.05) is 38.1 Å². The minimum Gasteiger partial charge on any atom is -0.347 e. The number of nitrogens with one attached hydrogen (secondary N) is 1. The fourth-order valence-corrected chi connectivity index (χ4v) is 4.40. The third kappa shape index (κ3) is 5.40. The second kappa shape index (κ2) is 9.16. The number of benzene rings is 2. The SMILES string of the molecule is CC[C@H](NC(=O)[C@@H](C)N(c1ccc(Cl)c(Cl)c1)S(C)(=O)=O)c1ccc(C)cc1. The van der Waals surface area contributed by atoms with Gasteiger partial charge in [0, 0.05) is 0 Å². The van der Waals surface area contributed by atoms with Crippen LogP contribution in [0.4, 0.5) is 5.69 Å². The highest BCUT2D eigenvalue weighted by atomic mass is 35.5. The van der Waals surface area contributed by atoms with Crippen LogP contribution in [0.5, 0.6) is 0 Å². The molecule has 0 saturated heterocycles. The quantitative estimate of drug-likeness (QED) is 0.673. The Kier molecular flexibility index (Phi) is 7.37. The predicted octanol–water partition coefficient (Wildman–Crippen LogP) is 4.72. The summed E-state index contributed by atoms with van der Waals surface area (Å²) in [5.41, 5.74) is 2.37. The third-order valence-corrected chi connectivity index (χ3v) is 6.43. The van der Waals surface area contributed by atoms with Gasteiger partial charge in [-0.15, -0.1) is 0 Å². The molecule has 152 valence electrons. The normalized spacial score (nSPS) is 13.6. The third-order valence-electron chi connectivity index (χ3n) is 4.45. The number of sulfonamides is 1. The molecule has 0 saturated carbocycles. The molecule has 1 amide bonds. The zero-order chi connectivity index (χ0) is 21.1. The lowest BCUT2D eigenvalue weighted by atomic mass is 10.0. The standard InChI is InChI=1S/C20H24Cl2N2O3S/c1-5-19(15-8-6-13(2)7-9-15)23-20(25)14(3)24(28(4,26)27)16-10-11-17(21)18(22)12-16/h6-12,14,19H,5H2,1-4H3,(H,23,25)/t14-,19+/m1/s1. The van der Waals surface area contributed by atoms with Crippen LogP contribution < -0.4 is 9.62 Å². The second-order valence-corrected chi connectivity index (χ2v) is 9.39. The Morgan fingerprint density at radius 2 is 1.71 bits per heavy atom. The number of hydrogen-bond acceptors (Lipinski definition) is 3. The monoisotopic (exact) mass is 442 g/mol. The molecule has 8 heteroatoms. The molecule has 0 bridgehead atoms. The van der Waals surface area contributed by atoms with Crippen molar-refractivity contribution in [2.24, 2.45) is 0 Å². The van der Waals surface area contributed by atoms with Gasteiger partial charge in [0.2, 0.25) is 15.9 Å². The van der Waals surface area contributed by atoms with Crippen LogP contribution >= 0.6 is 23.2 Å². The molecule has 0 heterocycles. The fraction of sp³-hybridized carbons (Fsp3) is 0.350. The van der Waals surface area contributed by atoms with Gasteiger partial charge in [-0.25, -0.2) is 8.42 Å². The van der Waals surface area contributed by atoms with Gasteiger partial charge in [-0.05, 0) is 44.0 Å². The van der Waals surface area contributed by atoms with Crippen LogP contribution in [0.25, 0.3) is 0 Å². The largest absolute Gasteiger partial charge is 0.347 e. The Labute approximate surface area is 176 Å². The number of anilines is 1. The molecular weight excluding hydrogens is 419 g/mol. The molecule has 2 rings (SSSR count). The van der Waals surface area contributed by atoms with E-state index in [9.17, 15) is 13.2 Å². The number of carbonyl (C=O) groups excluding carboxylic acids is 1. The molecule has 5 nitrogen and oxygen atoms in total. The summed E-state index contributed by atoms with van der Waals surface area (Å²) in [6.45, 7) is 5.50. The van der Waals surface area contributed by atoms with E-state index < -0.39 is 22.0 Å². The lowest BCUT2D eigenvalue weighted by Crippen LogP contribution is -2.48. The number of halogens is 2. The van der Waals surface area contributed by atoms with E-state index in [-0.39, 0.29) is 16.8 Å².